The lowest BCUT2D eigenvalue weighted by Crippen LogP contribution is -2.16. The minimum atomic E-state index is -0.995. The zero-order valence-corrected chi connectivity index (χ0v) is 6.95. The van der Waals surface area contributed by atoms with Crippen molar-refractivity contribution in [1.82, 2.24) is 0 Å². The van der Waals surface area contributed by atoms with Gasteiger partial charge in [0, 0.05) is 0 Å². The molecule has 1 atom stereocenters. The Bertz CT molecular complexity index is 185. The molecule has 0 spiro atoms. The molecule has 0 aromatic rings. The number of carboxylic acids is 1. The number of ether oxygens (including phenoxy) is 1. The van der Waals surface area contributed by atoms with Crippen LogP contribution in [0.25, 0.3) is 0 Å². The first-order chi connectivity index (χ1) is 5.57. The molecule has 0 aromatic heterocycles. The summed E-state index contributed by atoms with van der Waals surface area (Å²) in [6.45, 7) is 4.94. The van der Waals surface area contributed by atoms with Crippen LogP contribution in [-0.4, -0.2) is 23.7 Å². The lowest BCUT2D eigenvalue weighted by Gasteiger charge is -2.04. The molecule has 68 valence electrons. The summed E-state index contributed by atoms with van der Waals surface area (Å²) in [6, 6.07) is 0. The van der Waals surface area contributed by atoms with Crippen LogP contribution in [0.1, 0.15) is 13.3 Å². The van der Waals surface area contributed by atoms with Gasteiger partial charge in [0.15, 0.2) is 0 Å². The minimum absolute atomic E-state index is 0.0941. The van der Waals surface area contributed by atoms with Crippen molar-refractivity contribution in [1.29, 1.82) is 0 Å². The van der Waals surface area contributed by atoms with Crippen molar-refractivity contribution in [2.75, 3.05) is 6.61 Å². The summed E-state index contributed by atoms with van der Waals surface area (Å²) in [7, 11) is 0. The largest absolute Gasteiger partial charge is 0.481 e. The molecular weight excluding hydrogens is 160 g/mol. The fourth-order valence-corrected chi connectivity index (χ4v) is 0.548. The molecule has 0 rings (SSSR count). The van der Waals surface area contributed by atoms with Gasteiger partial charge >= 0.3 is 11.9 Å². The third kappa shape index (κ3) is 4.49. The molecule has 12 heavy (non-hydrogen) atoms. The van der Waals surface area contributed by atoms with Crippen LogP contribution in [0.15, 0.2) is 12.7 Å². The van der Waals surface area contributed by atoms with Gasteiger partial charge in [-0.25, -0.2) is 0 Å². The maximum atomic E-state index is 10.8. The molecule has 0 saturated carbocycles. The van der Waals surface area contributed by atoms with Gasteiger partial charge in [0.05, 0.1) is 12.3 Å². The monoisotopic (exact) mass is 172 g/mol. The number of carbonyl (C=O) groups excluding carboxylic acids is 1. The van der Waals surface area contributed by atoms with Gasteiger partial charge in [-0.15, -0.1) is 0 Å². The minimum Gasteiger partial charge on any atom is -0.481 e. The third-order valence-electron chi connectivity index (χ3n) is 1.26. The Morgan fingerprint density at radius 2 is 2.25 bits per heavy atom. The van der Waals surface area contributed by atoms with Gasteiger partial charge in [-0.05, 0) is 0 Å². The van der Waals surface area contributed by atoms with E-state index in [0.717, 1.165) is 0 Å². The van der Waals surface area contributed by atoms with Crippen molar-refractivity contribution in [3.8, 4) is 0 Å². The van der Waals surface area contributed by atoms with Crippen LogP contribution in [0.4, 0.5) is 0 Å². The molecule has 0 saturated heterocycles. The molecule has 4 heteroatoms. The molecule has 4 nitrogen and oxygen atoms in total. The van der Waals surface area contributed by atoms with Crippen LogP contribution in [0, 0.1) is 5.92 Å². The average Bonchev–Trinajstić information content (AvgIpc) is 2.00. The summed E-state index contributed by atoms with van der Waals surface area (Å²) < 4.78 is 4.59. The highest BCUT2D eigenvalue weighted by atomic mass is 16.5. The van der Waals surface area contributed by atoms with Crippen molar-refractivity contribution in [3.63, 3.8) is 0 Å². The van der Waals surface area contributed by atoms with E-state index in [1.165, 1.54) is 13.0 Å². The van der Waals surface area contributed by atoms with Gasteiger partial charge < -0.3 is 9.84 Å². The smallest absolute Gasteiger partial charge is 0.306 e. The highest BCUT2D eigenvalue weighted by molar-refractivity contribution is 5.78. The fourth-order valence-electron chi connectivity index (χ4n) is 0.548. The molecule has 0 heterocycles. The topological polar surface area (TPSA) is 63.6 Å². The number of rotatable bonds is 5. The fraction of sp³-hybridized carbons (Fsp3) is 0.500. The second-order valence-corrected chi connectivity index (χ2v) is 2.42. The number of carbonyl (C=O) groups is 2. The number of hydrogen-bond acceptors (Lipinski definition) is 3. The Labute approximate surface area is 70.8 Å². The standard InChI is InChI=1S/C8H12O4/c1-3-4-12-7(9)5-6(2)8(10)11/h3,6H,1,4-5H2,2H3,(H,10,11). The number of esters is 1. The van der Waals surface area contributed by atoms with Gasteiger partial charge in [-0.2, -0.15) is 0 Å². The molecule has 0 aliphatic carbocycles. The highest BCUT2D eigenvalue weighted by Crippen LogP contribution is 2.02. The van der Waals surface area contributed by atoms with Gasteiger partial charge in [0.25, 0.3) is 0 Å². The first-order valence-corrected chi connectivity index (χ1v) is 3.57. The average molecular weight is 172 g/mol. The van der Waals surface area contributed by atoms with Crippen molar-refractivity contribution in [3.05, 3.63) is 12.7 Å². The maximum absolute atomic E-state index is 10.8. The van der Waals surface area contributed by atoms with Crippen LogP contribution in [0.5, 0.6) is 0 Å². The van der Waals surface area contributed by atoms with E-state index in [1.807, 2.05) is 0 Å². The normalized spacial score (nSPS) is 11.8. The highest BCUT2D eigenvalue weighted by Gasteiger charge is 2.15. The summed E-state index contributed by atoms with van der Waals surface area (Å²) >= 11 is 0. The summed E-state index contributed by atoms with van der Waals surface area (Å²) in [6.07, 6.45) is 1.34. The Kier molecular flexibility index (Phi) is 4.76. The van der Waals surface area contributed by atoms with Crippen LogP contribution in [0.2, 0.25) is 0 Å². The maximum Gasteiger partial charge on any atom is 0.306 e. The molecule has 0 bridgehead atoms. The van der Waals surface area contributed by atoms with Crippen molar-refractivity contribution in [2.24, 2.45) is 5.92 Å². The zero-order chi connectivity index (χ0) is 9.56. The summed E-state index contributed by atoms with van der Waals surface area (Å²) in [5, 5.41) is 8.43. The van der Waals surface area contributed by atoms with Gasteiger partial charge in [-0.1, -0.05) is 19.6 Å². The van der Waals surface area contributed by atoms with E-state index in [-0.39, 0.29) is 13.0 Å². The van der Waals surface area contributed by atoms with Gasteiger partial charge in [0.1, 0.15) is 6.61 Å². The van der Waals surface area contributed by atoms with Crippen LogP contribution >= 0.6 is 0 Å². The van der Waals surface area contributed by atoms with Crippen LogP contribution < -0.4 is 0 Å². The zero-order valence-electron chi connectivity index (χ0n) is 6.95. The van der Waals surface area contributed by atoms with Crippen LogP contribution in [0.3, 0.4) is 0 Å². The lowest BCUT2D eigenvalue weighted by molar-refractivity contribution is -0.150. The Morgan fingerprint density at radius 1 is 1.67 bits per heavy atom. The molecule has 0 aliphatic heterocycles. The van der Waals surface area contributed by atoms with E-state index in [9.17, 15) is 9.59 Å². The van der Waals surface area contributed by atoms with Crippen molar-refractivity contribution in [2.45, 2.75) is 13.3 Å². The predicted octanol–water partition coefficient (Wildman–Crippen LogP) is 0.826. The Hall–Kier alpha value is -1.32. The summed E-state index contributed by atoms with van der Waals surface area (Å²) in [4.78, 5) is 21.1. The summed E-state index contributed by atoms with van der Waals surface area (Å²) in [5.74, 6) is -2.20. The molecule has 1 N–H and O–H groups in total. The van der Waals surface area contributed by atoms with E-state index in [2.05, 4.69) is 11.3 Å². The first-order valence-electron chi connectivity index (χ1n) is 3.57. The molecule has 0 fully saturated rings. The number of aliphatic carboxylic acids is 1. The van der Waals surface area contributed by atoms with E-state index in [1.54, 1.807) is 0 Å². The Morgan fingerprint density at radius 3 is 2.67 bits per heavy atom. The SMILES string of the molecule is C=CCOC(=O)CC(C)C(=O)O. The van der Waals surface area contributed by atoms with E-state index >= 15 is 0 Å². The van der Waals surface area contributed by atoms with Crippen LogP contribution in [-0.2, 0) is 14.3 Å². The van der Waals surface area contributed by atoms with Crippen molar-refractivity contribution >= 4 is 11.9 Å². The molecule has 0 amide bonds. The molecular formula is C8H12O4. The Balaban J connectivity index is 3.68. The van der Waals surface area contributed by atoms with Crippen molar-refractivity contribution < 1.29 is 19.4 Å². The van der Waals surface area contributed by atoms with E-state index < -0.39 is 17.9 Å². The number of carboxylic acid groups (broad SMARTS) is 1. The molecule has 0 aromatic carbocycles. The quantitative estimate of drug-likeness (QED) is 0.492. The third-order valence-corrected chi connectivity index (χ3v) is 1.26. The van der Waals surface area contributed by atoms with Gasteiger partial charge in [0.2, 0.25) is 0 Å². The lowest BCUT2D eigenvalue weighted by atomic mass is 10.1. The second-order valence-electron chi connectivity index (χ2n) is 2.42. The molecule has 0 aliphatic rings. The van der Waals surface area contributed by atoms with Gasteiger partial charge in [-0.3, -0.25) is 9.59 Å². The predicted molar refractivity (Wildman–Crippen MR) is 42.6 cm³/mol. The first kappa shape index (κ1) is 10.7. The second kappa shape index (κ2) is 5.35. The van der Waals surface area contributed by atoms with E-state index in [4.69, 9.17) is 5.11 Å². The molecule has 1 unspecified atom stereocenters. The molecule has 0 radical (unpaired) electrons. The van der Waals surface area contributed by atoms with E-state index in [0.29, 0.717) is 0 Å². The summed E-state index contributed by atoms with van der Waals surface area (Å²) in [5.41, 5.74) is 0. The number of hydrogen-bond donors (Lipinski definition) is 1.